The zero-order valence-electron chi connectivity index (χ0n) is 13.9. The Morgan fingerprint density at radius 1 is 1.33 bits per heavy atom. The van der Waals surface area contributed by atoms with Crippen LogP contribution in [0, 0.1) is 0 Å². The number of aryl methyl sites for hydroxylation is 1. The largest absolute Gasteiger partial charge is 0.496 e. The van der Waals surface area contributed by atoms with Crippen molar-refractivity contribution >= 4 is 22.4 Å². The van der Waals surface area contributed by atoms with Gasteiger partial charge in [0.05, 0.1) is 12.5 Å². The molecule has 1 aliphatic heterocycles. The van der Waals surface area contributed by atoms with Crippen molar-refractivity contribution < 1.29 is 14.3 Å². The van der Waals surface area contributed by atoms with Gasteiger partial charge in [-0.15, -0.1) is 10.2 Å². The molecule has 0 bridgehead atoms. The van der Waals surface area contributed by atoms with Crippen LogP contribution in [0.25, 0.3) is 0 Å². The van der Waals surface area contributed by atoms with Gasteiger partial charge in [0.25, 0.3) is 0 Å². The number of ether oxygens (including phenoxy) is 2. The van der Waals surface area contributed by atoms with E-state index in [4.69, 9.17) is 9.47 Å². The molecule has 3 rings (SSSR count). The molecule has 0 unspecified atom stereocenters. The second-order valence-electron chi connectivity index (χ2n) is 5.70. The number of para-hydroxylation sites is 1. The van der Waals surface area contributed by atoms with Gasteiger partial charge in [-0.3, -0.25) is 10.1 Å². The number of anilines is 1. The zero-order chi connectivity index (χ0) is 17.0. The van der Waals surface area contributed by atoms with Gasteiger partial charge in [-0.25, -0.2) is 0 Å². The molecule has 2 heterocycles. The average molecular weight is 347 g/mol. The summed E-state index contributed by atoms with van der Waals surface area (Å²) in [7, 11) is 1.63. The Morgan fingerprint density at radius 3 is 2.75 bits per heavy atom. The fourth-order valence-corrected chi connectivity index (χ4v) is 3.72. The van der Waals surface area contributed by atoms with E-state index in [1.807, 2.05) is 31.2 Å². The van der Waals surface area contributed by atoms with Gasteiger partial charge in [-0.1, -0.05) is 36.5 Å². The van der Waals surface area contributed by atoms with E-state index >= 15 is 0 Å². The Balaban J connectivity index is 1.94. The molecule has 128 valence electrons. The maximum absolute atomic E-state index is 13.2. The van der Waals surface area contributed by atoms with Crippen LogP contribution in [0.1, 0.15) is 30.3 Å². The van der Waals surface area contributed by atoms with Crippen LogP contribution in [0.2, 0.25) is 0 Å². The molecule has 6 nitrogen and oxygen atoms in total. The summed E-state index contributed by atoms with van der Waals surface area (Å²) >= 11 is 1.41. The quantitative estimate of drug-likeness (QED) is 0.900. The number of carbonyl (C=O) groups is 1. The maximum Gasteiger partial charge on any atom is 0.237 e. The lowest BCUT2D eigenvalue weighted by Gasteiger charge is -2.36. The van der Waals surface area contributed by atoms with Gasteiger partial charge in [0.1, 0.15) is 10.8 Å². The fraction of sp³-hybridized carbons (Fsp3) is 0.471. The Bertz CT molecular complexity index is 711. The highest BCUT2D eigenvalue weighted by atomic mass is 32.1. The van der Waals surface area contributed by atoms with Crippen molar-refractivity contribution in [3.8, 4) is 5.75 Å². The Labute approximate surface area is 145 Å². The van der Waals surface area contributed by atoms with Crippen LogP contribution in [0.5, 0.6) is 5.75 Å². The molecule has 1 saturated heterocycles. The van der Waals surface area contributed by atoms with E-state index in [1.54, 1.807) is 7.11 Å². The van der Waals surface area contributed by atoms with Gasteiger partial charge < -0.3 is 9.47 Å². The van der Waals surface area contributed by atoms with Crippen molar-refractivity contribution in [1.82, 2.24) is 10.2 Å². The lowest BCUT2D eigenvalue weighted by Crippen LogP contribution is -2.45. The molecule has 2 aromatic rings. The molecule has 0 atom stereocenters. The first-order chi connectivity index (χ1) is 11.7. The highest BCUT2D eigenvalue weighted by Gasteiger charge is 2.44. The minimum atomic E-state index is -0.678. The van der Waals surface area contributed by atoms with Crippen molar-refractivity contribution in [1.29, 1.82) is 0 Å². The SMILES string of the molecule is CCc1nnc(NC(=O)C2(c3ccccc3OC)CCOCC2)s1. The third kappa shape index (κ3) is 3.14. The van der Waals surface area contributed by atoms with Crippen LogP contribution in [0.4, 0.5) is 5.13 Å². The van der Waals surface area contributed by atoms with Crippen LogP contribution < -0.4 is 10.1 Å². The average Bonchev–Trinajstić information content (AvgIpc) is 3.09. The summed E-state index contributed by atoms with van der Waals surface area (Å²) in [6, 6.07) is 7.69. The minimum Gasteiger partial charge on any atom is -0.496 e. The molecular formula is C17H21N3O3S. The van der Waals surface area contributed by atoms with Gasteiger partial charge in [0, 0.05) is 18.8 Å². The van der Waals surface area contributed by atoms with Gasteiger partial charge in [0.15, 0.2) is 0 Å². The number of carbonyl (C=O) groups excluding carboxylic acids is 1. The molecular weight excluding hydrogens is 326 g/mol. The van der Waals surface area contributed by atoms with E-state index in [-0.39, 0.29) is 5.91 Å². The maximum atomic E-state index is 13.2. The summed E-state index contributed by atoms with van der Waals surface area (Å²) in [5.74, 6) is 0.648. The molecule has 1 fully saturated rings. The molecule has 0 radical (unpaired) electrons. The van der Waals surface area contributed by atoms with E-state index < -0.39 is 5.41 Å². The van der Waals surface area contributed by atoms with Crippen LogP contribution in [0.15, 0.2) is 24.3 Å². The predicted molar refractivity (Wildman–Crippen MR) is 92.6 cm³/mol. The molecule has 1 N–H and O–H groups in total. The predicted octanol–water partition coefficient (Wildman–Crippen LogP) is 2.80. The zero-order valence-corrected chi connectivity index (χ0v) is 14.7. The highest BCUT2D eigenvalue weighted by molar-refractivity contribution is 7.15. The second-order valence-corrected chi connectivity index (χ2v) is 6.77. The summed E-state index contributed by atoms with van der Waals surface area (Å²) in [5.41, 5.74) is 0.219. The number of hydrogen-bond acceptors (Lipinski definition) is 6. The summed E-state index contributed by atoms with van der Waals surface area (Å²) < 4.78 is 11.0. The van der Waals surface area contributed by atoms with Crippen molar-refractivity contribution in [3.63, 3.8) is 0 Å². The Kier molecular flexibility index (Phi) is 5.11. The van der Waals surface area contributed by atoms with Crippen LogP contribution in [-0.2, 0) is 21.4 Å². The summed E-state index contributed by atoms with van der Waals surface area (Å²) in [6.45, 7) is 3.10. The van der Waals surface area contributed by atoms with Gasteiger partial charge in [-0.2, -0.15) is 0 Å². The topological polar surface area (TPSA) is 73.3 Å². The highest BCUT2D eigenvalue weighted by Crippen LogP contribution is 2.40. The van der Waals surface area contributed by atoms with Crippen molar-refractivity contribution in [2.75, 3.05) is 25.6 Å². The number of nitrogens with zero attached hydrogens (tertiary/aromatic N) is 2. The Morgan fingerprint density at radius 2 is 2.08 bits per heavy atom. The van der Waals surface area contributed by atoms with Crippen LogP contribution >= 0.6 is 11.3 Å². The molecule has 24 heavy (non-hydrogen) atoms. The van der Waals surface area contributed by atoms with E-state index in [9.17, 15) is 4.79 Å². The standard InChI is InChI=1S/C17H21N3O3S/c1-3-14-19-20-16(24-14)18-15(21)17(8-10-23-11-9-17)12-6-4-5-7-13(12)22-2/h4-7H,3,8-11H2,1-2H3,(H,18,20,21). The summed E-state index contributed by atoms with van der Waals surface area (Å²) in [4.78, 5) is 13.2. The van der Waals surface area contributed by atoms with Crippen molar-refractivity contribution in [2.24, 2.45) is 0 Å². The molecule has 0 spiro atoms. The van der Waals surface area contributed by atoms with E-state index in [2.05, 4.69) is 15.5 Å². The smallest absolute Gasteiger partial charge is 0.237 e. The number of rotatable bonds is 5. The third-order valence-electron chi connectivity index (χ3n) is 4.39. The second kappa shape index (κ2) is 7.27. The first kappa shape index (κ1) is 16.9. The van der Waals surface area contributed by atoms with Crippen LogP contribution in [0.3, 0.4) is 0 Å². The molecule has 1 aliphatic rings. The number of methoxy groups -OCH3 is 1. The first-order valence-electron chi connectivity index (χ1n) is 8.04. The van der Waals surface area contributed by atoms with Crippen molar-refractivity contribution in [3.05, 3.63) is 34.8 Å². The third-order valence-corrected chi connectivity index (χ3v) is 5.38. The Hall–Kier alpha value is -1.99. The molecule has 1 aromatic carbocycles. The first-order valence-corrected chi connectivity index (χ1v) is 8.86. The van der Waals surface area contributed by atoms with Crippen LogP contribution in [-0.4, -0.2) is 36.4 Å². The fourth-order valence-electron chi connectivity index (χ4n) is 3.04. The number of hydrogen-bond donors (Lipinski definition) is 1. The number of benzene rings is 1. The monoisotopic (exact) mass is 347 g/mol. The molecule has 7 heteroatoms. The summed E-state index contributed by atoms with van der Waals surface area (Å²) in [5, 5.41) is 12.5. The van der Waals surface area contributed by atoms with Crippen molar-refractivity contribution in [2.45, 2.75) is 31.6 Å². The van der Waals surface area contributed by atoms with Gasteiger partial charge in [-0.05, 0) is 25.3 Å². The normalized spacial score (nSPS) is 16.6. The number of amides is 1. The lowest BCUT2D eigenvalue weighted by atomic mass is 9.73. The lowest BCUT2D eigenvalue weighted by molar-refractivity contribution is -0.125. The molecule has 1 aromatic heterocycles. The molecule has 0 saturated carbocycles. The number of nitrogens with one attached hydrogen (secondary N) is 1. The van der Waals surface area contributed by atoms with E-state index in [0.29, 0.717) is 31.2 Å². The minimum absolute atomic E-state index is 0.0749. The van der Waals surface area contributed by atoms with Gasteiger partial charge in [0.2, 0.25) is 11.0 Å². The molecule has 1 amide bonds. The van der Waals surface area contributed by atoms with Gasteiger partial charge >= 0.3 is 0 Å². The summed E-state index contributed by atoms with van der Waals surface area (Å²) in [6.07, 6.45) is 2.02. The van der Waals surface area contributed by atoms with E-state index in [0.717, 1.165) is 22.7 Å². The molecule has 0 aliphatic carbocycles. The number of aromatic nitrogens is 2. The van der Waals surface area contributed by atoms with E-state index in [1.165, 1.54) is 11.3 Å².